The summed E-state index contributed by atoms with van der Waals surface area (Å²) in [5.41, 5.74) is -0.394. The molecule has 6 heteroatoms. The summed E-state index contributed by atoms with van der Waals surface area (Å²) in [6.45, 7) is 3.40. The Morgan fingerprint density at radius 1 is 1.56 bits per heavy atom. The number of pyridine rings is 1. The highest BCUT2D eigenvalue weighted by Gasteiger charge is 2.33. The van der Waals surface area contributed by atoms with Crippen LogP contribution in [-0.4, -0.2) is 32.0 Å². The molecule has 16 heavy (non-hydrogen) atoms. The number of nitrogens with one attached hydrogen (secondary N) is 2. The van der Waals surface area contributed by atoms with Crippen LogP contribution in [0.5, 0.6) is 0 Å². The molecule has 1 unspecified atom stereocenters. The lowest BCUT2D eigenvalue weighted by Gasteiger charge is -2.23. The van der Waals surface area contributed by atoms with Crippen LogP contribution in [0.4, 0.5) is 0 Å². The van der Waals surface area contributed by atoms with Crippen LogP contribution >= 0.6 is 0 Å². The Morgan fingerprint density at radius 3 is 2.94 bits per heavy atom. The van der Waals surface area contributed by atoms with Crippen LogP contribution in [-0.2, 0) is 10.0 Å². The van der Waals surface area contributed by atoms with Gasteiger partial charge in [-0.3, -0.25) is 4.98 Å². The zero-order chi connectivity index (χ0) is 11.6. The fourth-order valence-corrected chi connectivity index (χ4v) is 3.19. The van der Waals surface area contributed by atoms with Gasteiger partial charge in [-0.25, -0.2) is 13.1 Å². The Balaban J connectivity index is 2.21. The van der Waals surface area contributed by atoms with Crippen LogP contribution in [0, 0.1) is 0 Å². The lowest BCUT2D eigenvalue weighted by atomic mass is 10.0. The molecule has 0 aliphatic carbocycles. The van der Waals surface area contributed by atoms with Gasteiger partial charge in [0.25, 0.3) is 0 Å². The summed E-state index contributed by atoms with van der Waals surface area (Å²) in [6, 6.07) is 3.16. The Bertz CT molecular complexity index is 452. The molecule has 1 aromatic heterocycles. The summed E-state index contributed by atoms with van der Waals surface area (Å²) >= 11 is 0. The van der Waals surface area contributed by atoms with Gasteiger partial charge in [0.1, 0.15) is 4.90 Å². The maximum Gasteiger partial charge on any atom is 0.242 e. The van der Waals surface area contributed by atoms with E-state index in [0.717, 1.165) is 13.0 Å². The van der Waals surface area contributed by atoms with E-state index in [1.165, 1.54) is 6.20 Å². The van der Waals surface area contributed by atoms with Crippen molar-refractivity contribution < 1.29 is 8.42 Å². The molecule has 5 nitrogen and oxygen atoms in total. The molecule has 1 aliphatic heterocycles. The van der Waals surface area contributed by atoms with E-state index in [1.54, 1.807) is 18.3 Å². The smallest absolute Gasteiger partial charge is 0.242 e. The molecule has 1 fully saturated rings. The minimum absolute atomic E-state index is 0.211. The van der Waals surface area contributed by atoms with Crippen molar-refractivity contribution >= 4 is 10.0 Å². The molecular weight excluding hydrogens is 226 g/mol. The molecule has 2 rings (SSSR count). The van der Waals surface area contributed by atoms with Gasteiger partial charge in [0, 0.05) is 24.5 Å². The average molecular weight is 241 g/mol. The van der Waals surface area contributed by atoms with Gasteiger partial charge in [0.15, 0.2) is 0 Å². The predicted octanol–water partition coefficient (Wildman–Crippen LogP) is 0.112. The first-order valence-electron chi connectivity index (χ1n) is 5.17. The molecule has 0 amide bonds. The van der Waals surface area contributed by atoms with E-state index in [4.69, 9.17) is 0 Å². The Kier molecular flexibility index (Phi) is 2.96. The fraction of sp³-hybridized carbons (Fsp3) is 0.500. The molecule has 1 saturated heterocycles. The van der Waals surface area contributed by atoms with E-state index in [2.05, 4.69) is 15.0 Å². The number of hydrogen-bond donors (Lipinski definition) is 2. The molecular formula is C10H15N3O2S. The van der Waals surface area contributed by atoms with Crippen molar-refractivity contribution in [3.05, 3.63) is 24.5 Å². The zero-order valence-electron chi connectivity index (χ0n) is 9.10. The fourth-order valence-electron chi connectivity index (χ4n) is 1.79. The van der Waals surface area contributed by atoms with E-state index in [1.807, 2.05) is 6.92 Å². The monoisotopic (exact) mass is 241 g/mol. The second kappa shape index (κ2) is 4.12. The van der Waals surface area contributed by atoms with Gasteiger partial charge >= 0.3 is 0 Å². The third kappa shape index (κ3) is 2.40. The van der Waals surface area contributed by atoms with Gasteiger partial charge < -0.3 is 5.32 Å². The minimum atomic E-state index is -3.45. The summed E-state index contributed by atoms with van der Waals surface area (Å²) in [5.74, 6) is 0. The second-order valence-corrected chi connectivity index (χ2v) is 5.96. The van der Waals surface area contributed by atoms with Crippen molar-refractivity contribution in [3.63, 3.8) is 0 Å². The molecule has 0 spiro atoms. The van der Waals surface area contributed by atoms with Gasteiger partial charge in [-0.1, -0.05) is 0 Å². The first-order valence-corrected chi connectivity index (χ1v) is 6.65. The van der Waals surface area contributed by atoms with E-state index in [9.17, 15) is 8.42 Å². The molecule has 1 atom stereocenters. The Labute approximate surface area is 95.3 Å². The van der Waals surface area contributed by atoms with Gasteiger partial charge in [0.05, 0.1) is 0 Å². The highest BCUT2D eigenvalue weighted by Crippen LogP contribution is 2.17. The molecule has 0 radical (unpaired) electrons. The topological polar surface area (TPSA) is 71.1 Å². The molecule has 2 N–H and O–H groups in total. The quantitative estimate of drug-likeness (QED) is 0.788. The molecule has 0 bridgehead atoms. The summed E-state index contributed by atoms with van der Waals surface area (Å²) in [6.07, 6.45) is 3.71. The highest BCUT2D eigenvalue weighted by atomic mass is 32.2. The summed E-state index contributed by atoms with van der Waals surface area (Å²) < 4.78 is 26.7. The highest BCUT2D eigenvalue weighted by molar-refractivity contribution is 7.89. The van der Waals surface area contributed by atoms with E-state index in [-0.39, 0.29) is 4.90 Å². The third-order valence-electron chi connectivity index (χ3n) is 2.69. The predicted molar refractivity (Wildman–Crippen MR) is 60.5 cm³/mol. The second-order valence-electron chi connectivity index (χ2n) is 4.28. The number of aromatic nitrogens is 1. The van der Waals surface area contributed by atoms with E-state index in [0.29, 0.717) is 6.54 Å². The Morgan fingerprint density at radius 2 is 2.38 bits per heavy atom. The van der Waals surface area contributed by atoms with Crippen LogP contribution in [0.2, 0.25) is 0 Å². The van der Waals surface area contributed by atoms with Crippen molar-refractivity contribution in [1.29, 1.82) is 0 Å². The van der Waals surface area contributed by atoms with Crippen molar-refractivity contribution in [3.8, 4) is 0 Å². The maximum atomic E-state index is 12.0. The van der Waals surface area contributed by atoms with Crippen molar-refractivity contribution in [2.24, 2.45) is 0 Å². The average Bonchev–Trinajstić information content (AvgIpc) is 2.65. The van der Waals surface area contributed by atoms with Gasteiger partial charge in [-0.05, 0) is 32.0 Å². The number of rotatable bonds is 3. The summed E-state index contributed by atoms with van der Waals surface area (Å²) in [5, 5.41) is 3.14. The third-order valence-corrected chi connectivity index (χ3v) is 4.32. The van der Waals surface area contributed by atoms with E-state index < -0.39 is 15.6 Å². The molecule has 0 saturated carbocycles. The lowest BCUT2D eigenvalue weighted by Crippen LogP contribution is -2.47. The summed E-state index contributed by atoms with van der Waals surface area (Å²) in [4.78, 5) is 4.02. The van der Waals surface area contributed by atoms with Crippen molar-refractivity contribution in [2.75, 3.05) is 13.1 Å². The molecule has 1 aromatic rings. The molecule has 2 heterocycles. The van der Waals surface area contributed by atoms with Crippen LogP contribution in [0.1, 0.15) is 13.3 Å². The van der Waals surface area contributed by atoms with Gasteiger partial charge in [-0.2, -0.15) is 0 Å². The van der Waals surface area contributed by atoms with Gasteiger partial charge in [-0.15, -0.1) is 0 Å². The number of nitrogens with zero attached hydrogens (tertiary/aromatic N) is 1. The van der Waals surface area contributed by atoms with Crippen LogP contribution in [0.25, 0.3) is 0 Å². The lowest BCUT2D eigenvalue weighted by molar-refractivity contribution is 0.452. The van der Waals surface area contributed by atoms with Crippen LogP contribution in [0.3, 0.4) is 0 Å². The molecule has 1 aliphatic rings. The number of sulfonamides is 1. The largest absolute Gasteiger partial charge is 0.315 e. The van der Waals surface area contributed by atoms with Crippen LogP contribution < -0.4 is 10.0 Å². The number of hydrogen-bond acceptors (Lipinski definition) is 4. The minimum Gasteiger partial charge on any atom is -0.315 e. The van der Waals surface area contributed by atoms with Crippen LogP contribution in [0.15, 0.2) is 29.4 Å². The zero-order valence-corrected chi connectivity index (χ0v) is 9.92. The van der Waals surface area contributed by atoms with Crippen molar-refractivity contribution in [2.45, 2.75) is 23.8 Å². The first kappa shape index (κ1) is 11.5. The maximum absolute atomic E-state index is 12.0. The SMILES string of the molecule is CC1(NS(=O)(=O)c2cccnc2)CCNC1. The first-order chi connectivity index (χ1) is 7.52. The normalized spacial score (nSPS) is 25.8. The standard InChI is InChI=1S/C10H15N3O2S/c1-10(4-6-12-8-10)13-16(14,15)9-3-2-5-11-7-9/h2-3,5,7,12-13H,4,6,8H2,1H3. The van der Waals surface area contributed by atoms with Gasteiger partial charge in [0.2, 0.25) is 10.0 Å². The molecule has 88 valence electrons. The summed E-state index contributed by atoms with van der Waals surface area (Å²) in [7, 11) is -3.45. The Hall–Kier alpha value is -0.980. The van der Waals surface area contributed by atoms with Crippen molar-refractivity contribution in [1.82, 2.24) is 15.0 Å². The molecule has 0 aromatic carbocycles. The van der Waals surface area contributed by atoms with E-state index >= 15 is 0 Å².